The van der Waals surface area contributed by atoms with Crippen LogP contribution in [0.4, 0.5) is 0 Å². The monoisotopic (exact) mass is 340 g/mol. The highest BCUT2D eigenvalue weighted by atomic mass is 79.9. The lowest BCUT2D eigenvalue weighted by Gasteiger charge is -2.35. The fourth-order valence-corrected chi connectivity index (χ4v) is 2.82. The van der Waals surface area contributed by atoms with E-state index in [4.69, 9.17) is 14.6 Å². The Morgan fingerprint density at radius 1 is 1.40 bits per heavy atom. The number of aromatic nitrogens is 2. The predicted molar refractivity (Wildman–Crippen MR) is 76.8 cm³/mol. The molecule has 3 heterocycles. The van der Waals surface area contributed by atoms with E-state index in [-0.39, 0.29) is 0 Å². The first-order valence-electron chi connectivity index (χ1n) is 6.69. The molecule has 0 radical (unpaired) electrons. The van der Waals surface area contributed by atoms with Gasteiger partial charge in [-0.05, 0) is 47.8 Å². The maximum Gasteiger partial charge on any atom is 0.283 e. The van der Waals surface area contributed by atoms with Crippen LogP contribution < -0.4 is 5.73 Å². The van der Waals surface area contributed by atoms with E-state index in [2.05, 4.69) is 38.0 Å². The van der Waals surface area contributed by atoms with Crippen LogP contribution in [0.3, 0.4) is 0 Å². The van der Waals surface area contributed by atoms with Gasteiger partial charge in [0.1, 0.15) is 0 Å². The number of nitrogens with zero attached hydrogens (tertiary/aromatic N) is 3. The van der Waals surface area contributed by atoms with Gasteiger partial charge in [-0.15, -0.1) is 10.2 Å². The number of nitrogens with two attached hydrogens (primary N) is 1. The Balaban J connectivity index is 1.68. The van der Waals surface area contributed by atoms with Crippen LogP contribution in [0.2, 0.25) is 0 Å². The summed E-state index contributed by atoms with van der Waals surface area (Å²) in [5.41, 5.74) is 5.97. The van der Waals surface area contributed by atoms with E-state index in [0.717, 1.165) is 19.4 Å². The van der Waals surface area contributed by atoms with Gasteiger partial charge >= 0.3 is 0 Å². The quantitative estimate of drug-likeness (QED) is 0.923. The lowest BCUT2D eigenvalue weighted by Crippen LogP contribution is -2.45. The topological polar surface area (TPSA) is 81.3 Å². The summed E-state index contributed by atoms with van der Waals surface area (Å²) in [6.45, 7) is 3.80. The number of hydrogen-bond donors (Lipinski definition) is 1. The molecule has 1 aliphatic rings. The summed E-state index contributed by atoms with van der Waals surface area (Å²) >= 11 is 3.25. The second kappa shape index (κ2) is 5.67. The Bertz CT molecular complexity index is 582. The van der Waals surface area contributed by atoms with Crippen LogP contribution in [0, 0.1) is 0 Å². The van der Waals surface area contributed by atoms with Crippen molar-refractivity contribution in [2.24, 2.45) is 5.73 Å². The Kier molecular flexibility index (Phi) is 3.91. The molecule has 0 bridgehead atoms. The molecule has 7 heteroatoms. The number of rotatable bonds is 3. The molecule has 108 valence electrons. The van der Waals surface area contributed by atoms with Gasteiger partial charge in [0.15, 0.2) is 10.4 Å². The summed E-state index contributed by atoms with van der Waals surface area (Å²) in [6, 6.07) is 4.34. The number of furan rings is 1. The van der Waals surface area contributed by atoms with Gasteiger partial charge in [-0.3, -0.25) is 4.90 Å². The Labute approximate surface area is 125 Å². The molecule has 2 aromatic rings. The van der Waals surface area contributed by atoms with E-state index in [0.29, 0.717) is 40.8 Å². The lowest BCUT2D eigenvalue weighted by atomic mass is 9.99. The number of likely N-dealkylation sites (tertiary alicyclic amines) is 1. The van der Waals surface area contributed by atoms with Gasteiger partial charge in [-0.25, -0.2) is 0 Å². The average molecular weight is 341 g/mol. The number of hydrogen-bond acceptors (Lipinski definition) is 6. The van der Waals surface area contributed by atoms with Crippen molar-refractivity contribution in [1.82, 2.24) is 15.1 Å². The van der Waals surface area contributed by atoms with Crippen molar-refractivity contribution >= 4 is 15.9 Å². The maximum absolute atomic E-state index is 5.97. The van der Waals surface area contributed by atoms with Crippen LogP contribution in [0.1, 0.15) is 25.7 Å². The molecule has 0 saturated carbocycles. The van der Waals surface area contributed by atoms with Gasteiger partial charge in [0, 0.05) is 18.6 Å². The SMILES string of the molecule is CC1CC(N)CCN1Cc1nnc(-c2ccc(Br)o2)o1. The highest BCUT2D eigenvalue weighted by molar-refractivity contribution is 9.10. The molecule has 0 amide bonds. The minimum absolute atomic E-state index is 0.306. The summed E-state index contributed by atoms with van der Waals surface area (Å²) in [6.07, 6.45) is 2.02. The van der Waals surface area contributed by atoms with Gasteiger partial charge in [0.05, 0.1) is 6.54 Å². The van der Waals surface area contributed by atoms with E-state index in [9.17, 15) is 0 Å². The third kappa shape index (κ3) is 2.94. The highest BCUT2D eigenvalue weighted by Crippen LogP contribution is 2.25. The molecule has 0 aliphatic carbocycles. The number of halogens is 1. The van der Waals surface area contributed by atoms with Gasteiger partial charge < -0.3 is 14.6 Å². The van der Waals surface area contributed by atoms with Crippen molar-refractivity contribution < 1.29 is 8.83 Å². The summed E-state index contributed by atoms with van der Waals surface area (Å²) in [4.78, 5) is 2.32. The molecule has 0 spiro atoms. The second-order valence-corrected chi connectivity index (χ2v) is 5.99. The minimum atomic E-state index is 0.306. The maximum atomic E-state index is 5.97. The first kappa shape index (κ1) is 13.8. The molecule has 3 rings (SSSR count). The molecular weight excluding hydrogens is 324 g/mol. The molecule has 2 unspecified atom stereocenters. The Hall–Kier alpha value is -1.18. The van der Waals surface area contributed by atoms with Crippen LogP contribution >= 0.6 is 15.9 Å². The lowest BCUT2D eigenvalue weighted by molar-refractivity contribution is 0.128. The van der Waals surface area contributed by atoms with E-state index in [1.807, 2.05) is 0 Å². The standard InChI is InChI=1S/C13H17BrN4O2/c1-8-6-9(15)4-5-18(8)7-12-16-17-13(20-12)10-2-3-11(14)19-10/h2-3,8-9H,4-7,15H2,1H3. The fraction of sp³-hybridized carbons (Fsp3) is 0.538. The zero-order valence-corrected chi connectivity index (χ0v) is 12.8. The van der Waals surface area contributed by atoms with E-state index < -0.39 is 0 Å². The van der Waals surface area contributed by atoms with Gasteiger partial charge in [-0.1, -0.05) is 0 Å². The van der Waals surface area contributed by atoms with Gasteiger partial charge in [-0.2, -0.15) is 0 Å². The molecule has 20 heavy (non-hydrogen) atoms. The second-order valence-electron chi connectivity index (χ2n) is 5.21. The van der Waals surface area contributed by atoms with Crippen LogP contribution in [-0.4, -0.2) is 33.7 Å². The molecule has 2 N–H and O–H groups in total. The highest BCUT2D eigenvalue weighted by Gasteiger charge is 2.25. The molecule has 2 atom stereocenters. The molecular formula is C13H17BrN4O2. The summed E-state index contributed by atoms with van der Waals surface area (Å²) in [5.74, 6) is 1.59. The van der Waals surface area contributed by atoms with Crippen LogP contribution in [0.5, 0.6) is 0 Å². The van der Waals surface area contributed by atoms with Gasteiger partial charge in [0.2, 0.25) is 5.89 Å². The Morgan fingerprint density at radius 3 is 2.95 bits per heavy atom. The van der Waals surface area contributed by atoms with E-state index >= 15 is 0 Å². The van der Waals surface area contributed by atoms with Crippen LogP contribution in [0.15, 0.2) is 25.6 Å². The Morgan fingerprint density at radius 2 is 2.25 bits per heavy atom. The molecule has 1 aliphatic heterocycles. The summed E-state index contributed by atoms with van der Waals surface area (Å²) < 4.78 is 11.7. The smallest absolute Gasteiger partial charge is 0.283 e. The predicted octanol–water partition coefficient (Wildman–Crippen LogP) is 2.40. The van der Waals surface area contributed by atoms with E-state index in [1.165, 1.54) is 0 Å². The zero-order valence-electron chi connectivity index (χ0n) is 11.3. The number of piperidine rings is 1. The third-order valence-electron chi connectivity index (χ3n) is 3.64. The van der Waals surface area contributed by atoms with Gasteiger partial charge in [0.25, 0.3) is 5.89 Å². The molecule has 1 saturated heterocycles. The summed E-state index contributed by atoms with van der Waals surface area (Å²) in [5, 5.41) is 8.11. The molecule has 6 nitrogen and oxygen atoms in total. The molecule has 1 fully saturated rings. The average Bonchev–Trinajstić information content (AvgIpc) is 3.02. The first-order chi connectivity index (χ1) is 9.61. The van der Waals surface area contributed by atoms with Crippen molar-refractivity contribution in [2.45, 2.75) is 38.4 Å². The van der Waals surface area contributed by atoms with Crippen LogP contribution in [0.25, 0.3) is 11.7 Å². The fourth-order valence-electron chi connectivity index (χ4n) is 2.51. The van der Waals surface area contributed by atoms with Crippen LogP contribution in [-0.2, 0) is 6.54 Å². The first-order valence-corrected chi connectivity index (χ1v) is 7.49. The van der Waals surface area contributed by atoms with E-state index in [1.54, 1.807) is 12.1 Å². The van der Waals surface area contributed by atoms with Crippen molar-refractivity contribution in [3.63, 3.8) is 0 Å². The largest absolute Gasteiger partial charge is 0.444 e. The van der Waals surface area contributed by atoms with Crippen molar-refractivity contribution in [3.8, 4) is 11.7 Å². The molecule has 0 aromatic carbocycles. The normalized spacial score (nSPS) is 24.1. The summed E-state index contributed by atoms with van der Waals surface area (Å²) in [7, 11) is 0. The van der Waals surface area contributed by atoms with Crippen molar-refractivity contribution in [3.05, 3.63) is 22.7 Å². The molecule has 2 aromatic heterocycles. The zero-order chi connectivity index (χ0) is 14.1. The van der Waals surface area contributed by atoms with Crippen molar-refractivity contribution in [2.75, 3.05) is 6.54 Å². The van der Waals surface area contributed by atoms with Crippen molar-refractivity contribution in [1.29, 1.82) is 0 Å². The third-order valence-corrected chi connectivity index (χ3v) is 4.07. The minimum Gasteiger partial charge on any atom is -0.444 e.